The molecule has 1 aliphatic carbocycles. The molecule has 4 rings (SSSR count). The van der Waals surface area contributed by atoms with Crippen LogP contribution in [0.15, 0.2) is 54.6 Å². The minimum Gasteiger partial charge on any atom is -0.549 e. The second-order valence-corrected chi connectivity index (χ2v) is 8.53. The molecule has 1 saturated carbocycles. The van der Waals surface area contributed by atoms with Gasteiger partial charge in [0.05, 0.1) is 17.4 Å². The maximum absolute atomic E-state index is 12.4. The average molecular weight is 469 g/mol. The summed E-state index contributed by atoms with van der Waals surface area (Å²) in [6, 6.07) is 16.6. The van der Waals surface area contributed by atoms with Gasteiger partial charge in [-0.2, -0.15) is 4.37 Å². The van der Waals surface area contributed by atoms with E-state index >= 15 is 0 Å². The number of ether oxygens (including phenoxy) is 1. The van der Waals surface area contributed by atoms with E-state index in [4.69, 9.17) is 4.74 Å². The minimum atomic E-state index is -1.03. The summed E-state index contributed by atoms with van der Waals surface area (Å²) in [5, 5.41) is 14.1. The van der Waals surface area contributed by atoms with Crippen LogP contribution in [0.3, 0.4) is 0 Å². The molecule has 0 aliphatic heterocycles. The zero-order chi connectivity index (χ0) is 22.7. The number of carboxylic acids is 1. The number of anilines is 1. The van der Waals surface area contributed by atoms with Crippen molar-refractivity contribution in [2.24, 2.45) is 0 Å². The maximum Gasteiger partial charge on any atom is 1.00 e. The van der Waals surface area contributed by atoms with Crippen molar-refractivity contribution in [3.63, 3.8) is 0 Å². The van der Waals surface area contributed by atoms with E-state index in [1.54, 1.807) is 31.2 Å². The van der Waals surface area contributed by atoms with Gasteiger partial charge in [0.2, 0.25) is 0 Å². The number of aromatic nitrogens is 1. The number of rotatable bonds is 5. The molecular formula is C25H21N2NaO4S. The summed E-state index contributed by atoms with van der Waals surface area (Å²) in [6.07, 6.45) is 0.240. The zero-order valence-electron chi connectivity index (χ0n) is 18.7. The van der Waals surface area contributed by atoms with Crippen molar-refractivity contribution in [2.75, 3.05) is 5.32 Å². The summed E-state index contributed by atoms with van der Waals surface area (Å²) in [4.78, 5) is 24.4. The molecule has 3 aromatic rings. The Labute approximate surface area is 218 Å². The standard InChI is InChI=1S/C25H22N2O4S.Na/c1-16-22(26-24(30)31-17(2)19-6-4-3-5-7-19)21(32-27-16)13-10-18-8-11-20(12-9-18)25(14-15-25)23(28)29;/h3-9,11-12,17H,14-15H2,1-2H3,(H,26,30)(H,28,29);/q;+1/p-1/t17-;/m1./s1. The Morgan fingerprint density at radius 1 is 1.12 bits per heavy atom. The summed E-state index contributed by atoms with van der Waals surface area (Å²) in [5.74, 6) is 5.07. The third-order valence-corrected chi connectivity index (χ3v) is 6.40. The molecule has 2 aromatic carbocycles. The Balaban J connectivity index is 0.00000306. The van der Waals surface area contributed by atoms with Crippen molar-refractivity contribution in [3.8, 4) is 11.8 Å². The Morgan fingerprint density at radius 3 is 2.39 bits per heavy atom. The summed E-state index contributed by atoms with van der Waals surface area (Å²) in [6.45, 7) is 3.60. The number of aliphatic carboxylic acids is 1. The van der Waals surface area contributed by atoms with Crippen LogP contribution in [0.25, 0.3) is 0 Å². The second-order valence-electron chi connectivity index (χ2n) is 7.75. The number of nitrogens with zero attached hydrogens (tertiary/aromatic N) is 1. The molecule has 162 valence electrons. The van der Waals surface area contributed by atoms with E-state index in [2.05, 4.69) is 21.5 Å². The molecular weight excluding hydrogens is 447 g/mol. The van der Waals surface area contributed by atoms with Crippen LogP contribution in [-0.2, 0) is 14.9 Å². The molecule has 1 fully saturated rings. The normalized spacial score (nSPS) is 14.1. The monoisotopic (exact) mass is 468 g/mol. The van der Waals surface area contributed by atoms with E-state index in [9.17, 15) is 14.7 Å². The van der Waals surface area contributed by atoms with Gasteiger partial charge in [-0.15, -0.1) is 0 Å². The van der Waals surface area contributed by atoms with E-state index in [1.807, 2.05) is 37.3 Å². The fourth-order valence-corrected chi connectivity index (χ4v) is 4.13. The number of aryl methyl sites for hydroxylation is 1. The third-order valence-electron chi connectivity index (χ3n) is 5.54. The van der Waals surface area contributed by atoms with Crippen LogP contribution in [0.5, 0.6) is 0 Å². The fourth-order valence-electron chi connectivity index (χ4n) is 3.42. The summed E-state index contributed by atoms with van der Waals surface area (Å²) in [7, 11) is 0. The molecule has 1 aromatic heterocycles. The Bertz CT molecular complexity index is 1210. The van der Waals surface area contributed by atoms with Crippen LogP contribution < -0.4 is 40.0 Å². The number of carbonyl (C=O) groups is 2. The van der Waals surface area contributed by atoms with Gasteiger partial charge in [0.25, 0.3) is 0 Å². The van der Waals surface area contributed by atoms with Gasteiger partial charge in [-0.3, -0.25) is 5.32 Å². The van der Waals surface area contributed by atoms with Crippen LogP contribution in [0.1, 0.15) is 53.1 Å². The quantitative estimate of drug-likeness (QED) is 0.445. The number of carbonyl (C=O) groups excluding carboxylic acids is 2. The minimum absolute atomic E-state index is 0. The summed E-state index contributed by atoms with van der Waals surface area (Å²) >= 11 is 1.19. The van der Waals surface area contributed by atoms with Gasteiger partial charge in [-0.25, -0.2) is 4.79 Å². The van der Waals surface area contributed by atoms with Crippen molar-refractivity contribution in [1.82, 2.24) is 4.37 Å². The van der Waals surface area contributed by atoms with Crippen molar-refractivity contribution in [1.29, 1.82) is 0 Å². The first kappa shape index (κ1) is 25.0. The van der Waals surface area contributed by atoms with Gasteiger partial charge < -0.3 is 14.6 Å². The number of benzene rings is 2. The molecule has 0 saturated heterocycles. The molecule has 0 unspecified atom stereocenters. The molecule has 0 bridgehead atoms. The van der Waals surface area contributed by atoms with Crippen molar-refractivity contribution in [3.05, 3.63) is 81.9 Å². The van der Waals surface area contributed by atoms with Crippen molar-refractivity contribution < 1.29 is 49.0 Å². The van der Waals surface area contributed by atoms with Gasteiger partial charge in [0, 0.05) is 11.0 Å². The molecule has 1 N–H and O–H groups in total. The Kier molecular flexibility index (Phi) is 7.98. The van der Waals surface area contributed by atoms with E-state index in [0.717, 1.165) is 16.7 Å². The van der Waals surface area contributed by atoms with E-state index in [-0.39, 0.29) is 29.6 Å². The molecule has 0 radical (unpaired) electrons. The molecule has 33 heavy (non-hydrogen) atoms. The predicted octanol–water partition coefficient (Wildman–Crippen LogP) is 0.947. The van der Waals surface area contributed by atoms with Crippen LogP contribution in [0, 0.1) is 18.8 Å². The van der Waals surface area contributed by atoms with Crippen molar-refractivity contribution >= 4 is 29.3 Å². The largest absolute Gasteiger partial charge is 1.00 e. The van der Waals surface area contributed by atoms with E-state index in [1.165, 1.54) is 11.5 Å². The van der Waals surface area contributed by atoms with Crippen LogP contribution >= 0.6 is 11.5 Å². The summed E-state index contributed by atoms with van der Waals surface area (Å²) in [5.41, 5.74) is 2.73. The van der Waals surface area contributed by atoms with E-state index < -0.39 is 23.6 Å². The molecule has 1 atom stereocenters. The fraction of sp³-hybridized carbons (Fsp3) is 0.240. The number of hydrogen-bond acceptors (Lipinski definition) is 6. The topological polar surface area (TPSA) is 91.4 Å². The van der Waals surface area contributed by atoms with Crippen molar-refractivity contribution in [2.45, 2.75) is 38.2 Å². The summed E-state index contributed by atoms with van der Waals surface area (Å²) < 4.78 is 9.77. The Morgan fingerprint density at radius 2 is 1.79 bits per heavy atom. The second kappa shape index (κ2) is 10.5. The first-order valence-corrected chi connectivity index (χ1v) is 11.0. The molecule has 0 spiro atoms. The Hall–Kier alpha value is -2.63. The van der Waals surface area contributed by atoms with E-state index in [0.29, 0.717) is 29.1 Å². The predicted molar refractivity (Wildman–Crippen MR) is 120 cm³/mol. The molecule has 6 nitrogen and oxygen atoms in total. The molecule has 1 aliphatic rings. The molecule has 8 heteroatoms. The zero-order valence-corrected chi connectivity index (χ0v) is 21.5. The maximum atomic E-state index is 12.4. The number of amides is 1. The van der Waals surface area contributed by atoms with Crippen LogP contribution in [0.2, 0.25) is 0 Å². The van der Waals surface area contributed by atoms with Gasteiger partial charge in [-0.05, 0) is 67.4 Å². The molecule has 1 heterocycles. The van der Waals surface area contributed by atoms with Gasteiger partial charge in [0.1, 0.15) is 11.0 Å². The first-order valence-electron chi connectivity index (χ1n) is 10.2. The average Bonchev–Trinajstić information content (AvgIpc) is 3.54. The number of nitrogens with one attached hydrogen (secondary N) is 1. The third kappa shape index (κ3) is 5.66. The van der Waals surface area contributed by atoms with Gasteiger partial charge in [0.15, 0.2) is 0 Å². The van der Waals surface area contributed by atoms with Crippen LogP contribution in [0.4, 0.5) is 10.5 Å². The molecule has 1 amide bonds. The van der Waals surface area contributed by atoms with Crippen LogP contribution in [-0.4, -0.2) is 16.4 Å². The number of carboxylic acid groups (broad SMARTS) is 1. The smallest absolute Gasteiger partial charge is 0.549 e. The van der Waals surface area contributed by atoms with Gasteiger partial charge in [-0.1, -0.05) is 48.4 Å². The van der Waals surface area contributed by atoms with Gasteiger partial charge >= 0.3 is 35.7 Å². The number of hydrogen-bond donors (Lipinski definition) is 1. The first-order chi connectivity index (χ1) is 15.4. The SMILES string of the molecule is Cc1nsc(C#Cc2ccc(C3(C(=O)[O-])CC3)cc2)c1NC(=O)O[C@H](C)c1ccccc1.[Na+].